The van der Waals surface area contributed by atoms with Gasteiger partial charge in [0.25, 0.3) is 0 Å². The van der Waals surface area contributed by atoms with E-state index < -0.39 is 0 Å². The molecule has 100 valence electrons. The van der Waals surface area contributed by atoms with Gasteiger partial charge in [0.1, 0.15) is 24.5 Å². The predicted molar refractivity (Wildman–Crippen MR) is 70.7 cm³/mol. The molecule has 0 aromatic carbocycles. The van der Waals surface area contributed by atoms with Gasteiger partial charge in [0, 0.05) is 12.1 Å². The third-order valence-electron chi connectivity index (χ3n) is 2.33. The lowest BCUT2D eigenvalue weighted by molar-refractivity contribution is -0.140. The van der Waals surface area contributed by atoms with Crippen LogP contribution in [-0.2, 0) is 9.53 Å². The first-order chi connectivity index (χ1) is 8.69. The quantitative estimate of drug-likeness (QED) is 0.718. The molecule has 0 bridgehead atoms. The fraction of sp³-hybridized carbons (Fsp3) is 0.583. The number of anilines is 2. The van der Waals surface area contributed by atoms with Gasteiger partial charge in [-0.3, -0.25) is 4.79 Å². The molecule has 0 fully saturated rings. The van der Waals surface area contributed by atoms with E-state index >= 15 is 0 Å². The highest BCUT2D eigenvalue weighted by molar-refractivity contribution is 5.75. The van der Waals surface area contributed by atoms with E-state index in [-0.39, 0.29) is 12.5 Å². The molecule has 6 nitrogen and oxygen atoms in total. The summed E-state index contributed by atoms with van der Waals surface area (Å²) < 4.78 is 4.84. The van der Waals surface area contributed by atoms with Crippen molar-refractivity contribution in [2.75, 3.05) is 30.3 Å². The van der Waals surface area contributed by atoms with Gasteiger partial charge < -0.3 is 15.4 Å². The van der Waals surface area contributed by atoms with Crippen LogP contribution in [0.4, 0.5) is 11.6 Å². The topological polar surface area (TPSA) is 76.1 Å². The molecule has 0 saturated carbocycles. The fourth-order valence-electron chi connectivity index (χ4n) is 1.42. The molecule has 0 aliphatic heterocycles. The van der Waals surface area contributed by atoms with Crippen molar-refractivity contribution in [3.63, 3.8) is 0 Å². The summed E-state index contributed by atoms with van der Waals surface area (Å²) >= 11 is 0. The van der Waals surface area contributed by atoms with Crippen LogP contribution in [0.5, 0.6) is 0 Å². The zero-order valence-corrected chi connectivity index (χ0v) is 11.1. The number of nitrogens with zero attached hydrogens (tertiary/aromatic N) is 2. The Morgan fingerprint density at radius 2 is 1.94 bits per heavy atom. The molecule has 18 heavy (non-hydrogen) atoms. The molecule has 0 saturated heterocycles. The summed E-state index contributed by atoms with van der Waals surface area (Å²) in [6.07, 6.45) is 2.49. The summed E-state index contributed by atoms with van der Waals surface area (Å²) in [5.74, 6) is 1.15. The largest absolute Gasteiger partial charge is 0.465 e. The van der Waals surface area contributed by atoms with E-state index in [2.05, 4.69) is 27.5 Å². The summed E-state index contributed by atoms with van der Waals surface area (Å²) in [5.41, 5.74) is 0.898. The van der Waals surface area contributed by atoms with Crippen LogP contribution in [0.25, 0.3) is 0 Å². The van der Waals surface area contributed by atoms with Crippen molar-refractivity contribution >= 4 is 17.6 Å². The highest BCUT2D eigenvalue weighted by Crippen LogP contribution is 2.17. The summed E-state index contributed by atoms with van der Waals surface area (Å²) in [5, 5.41) is 6.16. The van der Waals surface area contributed by atoms with Gasteiger partial charge in [-0.2, -0.15) is 0 Å². The summed E-state index contributed by atoms with van der Waals surface area (Å²) in [6.45, 7) is 7.12. The molecule has 2 N–H and O–H groups in total. The predicted octanol–water partition coefficient (Wildman–Crippen LogP) is 1.58. The number of carbonyl (C=O) groups is 1. The average Bonchev–Trinajstić information content (AvgIpc) is 2.36. The first-order valence-electron chi connectivity index (χ1n) is 6.14. The van der Waals surface area contributed by atoms with E-state index in [0.29, 0.717) is 12.4 Å². The Kier molecular flexibility index (Phi) is 5.90. The van der Waals surface area contributed by atoms with Crippen molar-refractivity contribution < 1.29 is 9.53 Å². The minimum atomic E-state index is -0.293. The van der Waals surface area contributed by atoms with Crippen LogP contribution in [0.2, 0.25) is 0 Å². The van der Waals surface area contributed by atoms with Crippen LogP contribution >= 0.6 is 0 Å². The lowest BCUT2D eigenvalue weighted by Gasteiger charge is -2.11. The van der Waals surface area contributed by atoms with Gasteiger partial charge >= 0.3 is 5.97 Å². The first kappa shape index (κ1) is 14.2. The molecule has 0 radical (unpaired) electrons. The SMILES string of the molecule is CCCNc1ncnc(NCC(=O)OCC)c1C. The standard InChI is InChI=1S/C12H20N4O2/c1-4-6-13-11-9(3)12(16-8-15-11)14-7-10(17)18-5-2/h8H,4-7H2,1-3H3,(H2,13,14,15,16). The Morgan fingerprint density at radius 1 is 1.28 bits per heavy atom. The van der Waals surface area contributed by atoms with Gasteiger partial charge in [0.05, 0.1) is 6.61 Å². The monoisotopic (exact) mass is 252 g/mol. The Balaban J connectivity index is 2.62. The molecule has 6 heteroatoms. The maximum Gasteiger partial charge on any atom is 0.325 e. The summed E-state index contributed by atoms with van der Waals surface area (Å²) in [6, 6.07) is 0. The number of carbonyl (C=O) groups excluding carboxylic acids is 1. The molecule has 0 aliphatic rings. The van der Waals surface area contributed by atoms with Crippen LogP contribution in [0.3, 0.4) is 0 Å². The average molecular weight is 252 g/mol. The van der Waals surface area contributed by atoms with E-state index in [9.17, 15) is 4.79 Å². The minimum absolute atomic E-state index is 0.110. The van der Waals surface area contributed by atoms with Crippen molar-refractivity contribution in [2.45, 2.75) is 27.2 Å². The number of nitrogens with one attached hydrogen (secondary N) is 2. The number of ether oxygens (including phenoxy) is 1. The Bertz CT molecular complexity index is 396. The van der Waals surface area contributed by atoms with Crippen molar-refractivity contribution in [2.24, 2.45) is 0 Å². The van der Waals surface area contributed by atoms with Gasteiger partial charge in [-0.1, -0.05) is 6.92 Å². The molecular formula is C12H20N4O2. The van der Waals surface area contributed by atoms with Crippen LogP contribution < -0.4 is 10.6 Å². The molecule has 1 heterocycles. The van der Waals surface area contributed by atoms with Gasteiger partial charge in [0.2, 0.25) is 0 Å². The molecule has 1 rings (SSSR count). The Hall–Kier alpha value is -1.85. The maximum atomic E-state index is 11.2. The van der Waals surface area contributed by atoms with E-state index in [1.807, 2.05) is 6.92 Å². The lowest BCUT2D eigenvalue weighted by Crippen LogP contribution is -2.18. The molecule has 0 aliphatic carbocycles. The van der Waals surface area contributed by atoms with Crippen molar-refractivity contribution in [3.05, 3.63) is 11.9 Å². The zero-order valence-electron chi connectivity index (χ0n) is 11.1. The number of hydrogen-bond acceptors (Lipinski definition) is 6. The molecule has 1 aromatic heterocycles. The molecule has 0 spiro atoms. The summed E-state index contributed by atoms with van der Waals surface area (Å²) in [4.78, 5) is 19.5. The molecule has 0 amide bonds. The number of hydrogen-bond donors (Lipinski definition) is 2. The highest BCUT2D eigenvalue weighted by Gasteiger charge is 2.08. The second kappa shape index (κ2) is 7.47. The minimum Gasteiger partial charge on any atom is -0.465 e. The second-order valence-corrected chi connectivity index (χ2v) is 3.78. The number of rotatable bonds is 7. The second-order valence-electron chi connectivity index (χ2n) is 3.78. The third-order valence-corrected chi connectivity index (χ3v) is 2.33. The van der Waals surface area contributed by atoms with Crippen molar-refractivity contribution in [3.8, 4) is 0 Å². The van der Waals surface area contributed by atoms with Crippen LogP contribution in [-0.4, -0.2) is 35.6 Å². The molecule has 0 unspecified atom stereocenters. The van der Waals surface area contributed by atoms with Crippen LogP contribution in [0, 0.1) is 6.92 Å². The van der Waals surface area contributed by atoms with Gasteiger partial charge in [-0.05, 0) is 20.3 Å². The Morgan fingerprint density at radius 3 is 2.56 bits per heavy atom. The number of esters is 1. The first-order valence-corrected chi connectivity index (χ1v) is 6.14. The highest BCUT2D eigenvalue weighted by atomic mass is 16.5. The van der Waals surface area contributed by atoms with Crippen molar-refractivity contribution in [1.82, 2.24) is 9.97 Å². The number of aromatic nitrogens is 2. The fourth-order valence-corrected chi connectivity index (χ4v) is 1.42. The van der Waals surface area contributed by atoms with Crippen molar-refractivity contribution in [1.29, 1.82) is 0 Å². The van der Waals surface area contributed by atoms with E-state index in [1.165, 1.54) is 6.33 Å². The van der Waals surface area contributed by atoms with Gasteiger partial charge in [0.15, 0.2) is 0 Å². The molecule has 0 atom stereocenters. The van der Waals surface area contributed by atoms with E-state index in [1.54, 1.807) is 6.92 Å². The Labute approximate surface area is 107 Å². The maximum absolute atomic E-state index is 11.2. The third kappa shape index (κ3) is 4.20. The van der Waals surface area contributed by atoms with Crippen LogP contribution in [0.15, 0.2) is 6.33 Å². The molecular weight excluding hydrogens is 232 g/mol. The van der Waals surface area contributed by atoms with Gasteiger partial charge in [-0.25, -0.2) is 9.97 Å². The lowest BCUT2D eigenvalue weighted by atomic mass is 10.3. The van der Waals surface area contributed by atoms with E-state index in [4.69, 9.17) is 4.74 Å². The normalized spacial score (nSPS) is 9.94. The van der Waals surface area contributed by atoms with Gasteiger partial charge in [-0.15, -0.1) is 0 Å². The summed E-state index contributed by atoms with van der Waals surface area (Å²) in [7, 11) is 0. The van der Waals surface area contributed by atoms with E-state index in [0.717, 1.165) is 24.3 Å². The molecule has 1 aromatic rings. The zero-order chi connectivity index (χ0) is 13.4. The van der Waals surface area contributed by atoms with Crippen LogP contribution in [0.1, 0.15) is 25.8 Å². The smallest absolute Gasteiger partial charge is 0.325 e.